The van der Waals surface area contributed by atoms with Crippen LogP contribution < -0.4 is 15.8 Å². The van der Waals surface area contributed by atoms with Crippen molar-refractivity contribution >= 4 is 11.6 Å². The van der Waals surface area contributed by atoms with Crippen LogP contribution in [0.15, 0.2) is 18.2 Å². The Bertz CT molecular complexity index is 435. The molecule has 3 N–H and O–H groups in total. The highest BCUT2D eigenvalue weighted by Gasteiger charge is 2.10. The Morgan fingerprint density at radius 2 is 2.15 bits per heavy atom. The number of carbonyl (C=O) groups is 1. The maximum absolute atomic E-state index is 11.7. The van der Waals surface area contributed by atoms with Gasteiger partial charge in [0.1, 0.15) is 5.75 Å². The van der Waals surface area contributed by atoms with Crippen LogP contribution >= 0.6 is 0 Å². The third kappa shape index (κ3) is 5.48. The molecule has 5 heteroatoms. The van der Waals surface area contributed by atoms with Gasteiger partial charge in [-0.2, -0.15) is 0 Å². The second-order valence-corrected chi connectivity index (χ2v) is 4.82. The third-order valence-corrected chi connectivity index (χ3v) is 2.81. The minimum absolute atomic E-state index is 0.0382. The van der Waals surface area contributed by atoms with E-state index in [4.69, 9.17) is 10.5 Å². The van der Waals surface area contributed by atoms with E-state index in [1.54, 1.807) is 0 Å². The van der Waals surface area contributed by atoms with Gasteiger partial charge in [-0.25, -0.2) is 0 Å². The molecule has 0 spiro atoms. The molecule has 0 aliphatic carbocycles. The van der Waals surface area contributed by atoms with Gasteiger partial charge in [0.05, 0.1) is 13.2 Å². The first-order valence-electron chi connectivity index (χ1n) is 7.03. The fourth-order valence-electron chi connectivity index (χ4n) is 1.93. The largest absolute Gasteiger partial charge is 0.494 e. The van der Waals surface area contributed by atoms with Crippen molar-refractivity contribution in [2.75, 3.05) is 32.5 Å². The van der Waals surface area contributed by atoms with Crippen LogP contribution in [0.3, 0.4) is 0 Å². The van der Waals surface area contributed by atoms with Crippen LogP contribution in [0.25, 0.3) is 0 Å². The molecule has 0 heterocycles. The third-order valence-electron chi connectivity index (χ3n) is 2.81. The summed E-state index contributed by atoms with van der Waals surface area (Å²) in [6.07, 6.45) is 0.944. The summed E-state index contributed by atoms with van der Waals surface area (Å²) in [5, 5.41) is 2.86. The zero-order valence-corrected chi connectivity index (χ0v) is 12.6. The maximum atomic E-state index is 11.7. The van der Waals surface area contributed by atoms with Gasteiger partial charge in [-0.05, 0) is 38.6 Å². The van der Waals surface area contributed by atoms with E-state index in [1.807, 2.05) is 44.0 Å². The lowest BCUT2D eigenvalue weighted by molar-refractivity contribution is -0.122. The molecule has 0 radical (unpaired) electrons. The van der Waals surface area contributed by atoms with Crippen LogP contribution in [0.4, 0.5) is 5.69 Å². The van der Waals surface area contributed by atoms with Gasteiger partial charge < -0.3 is 15.8 Å². The predicted octanol–water partition coefficient (Wildman–Crippen LogP) is 1.63. The van der Waals surface area contributed by atoms with Crippen LogP contribution in [-0.4, -0.2) is 37.6 Å². The van der Waals surface area contributed by atoms with E-state index < -0.39 is 0 Å². The van der Waals surface area contributed by atoms with Crippen molar-refractivity contribution < 1.29 is 9.53 Å². The Hall–Kier alpha value is -1.75. The van der Waals surface area contributed by atoms with Gasteiger partial charge in [0.15, 0.2) is 0 Å². The van der Waals surface area contributed by atoms with Crippen LogP contribution in [-0.2, 0) is 11.3 Å². The number of likely N-dealkylation sites (N-methyl/N-ethyl adjacent to an activating group) is 1. The zero-order valence-electron chi connectivity index (χ0n) is 12.6. The minimum atomic E-state index is 0.0382. The number of nitrogen functional groups attached to an aromatic ring is 1. The molecular weight excluding hydrogens is 254 g/mol. The second-order valence-electron chi connectivity index (χ2n) is 4.82. The van der Waals surface area contributed by atoms with Crippen molar-refractivity contribution in [3.8, 4) is 5.75 Å². The number of amides is 1. The van der Waals surface area contributed by atoms with E-state index >= 15 is 0 Å². The molecule has 112 valence electrons. The van der Waals surface area contributed by atoms with Gasteiger partial charge in [-0.15, -0.1) is 0 Å². The number of benzene rings is 1. The van der Waals surface area contributed by atoms with Crippen molar-refractivity contribution in [3.63, 3.8) is 0 Å². The van der Waals surface area contributed by atoms with Gasteiger partial charge >= 0.3 is 0 Å². The van der Waals surface area contributed by atoms with E-state index in [0.29, 0.717) is 25.4 Å². The molecule has 5 nitrogen and oxygen atoms in total. The molecule has 1 aromatic rings. The molecule has 1 rings (SSSR count). The zero-order chi connectivity index (χ0) is 15.0. The first-order chi connectivity index (χ1) is 9.56. The highest BCUT2D eigenvalue weighted by Crippen LogP contribution is 2.22. The van der Waals surface area contributed by atoms with Crippen LogP contribution in [0.1, 0.15) is 25.8 Å². The first kappa shape index (κ1) is 16.3. The standard InChI is InChI=1S/C15H25N3O2/c1-4-8-17-15(19)11-18(3)10-12-9-13(16)6-7-14(12)20-5-2/h6-7,9H,4-5,8,10-11,16H2,1-3H3,(H,17,19). The summed E-state index contributed by atoms with van der Waals surface area (Å²) in [6.45, 7) is 6.29. The van der Waals surface area contributed by atoms with Crippen molar-refractivity contribution in [2.45, 2.75) is 26.8 Å². The molecule has 0 fully saturated rings. The molecule has 0 saturated carbocycles. The number of carbonyl (C=O) groups excluding carboxylic acids is 1. The summed E-state index contributed by atoms with van der Waals surface area (Å²) in [5.74, 6) is 0.860. The Morgan fingerprint density at radius 3 is 2.80 bits per heavy atom. The Morgan fingerprint density at radius 1 is 1.40 bits per heavy atom. The lowest BCUT2D eigenvalue weighted by atomic mass is 10.1. The molecule has 0 aliphatic rings. The van der Waals surface area contributed by atoms with Crippen molar-refractivity contribution in [3.05, 3.63) is 23.8 Å². The lowest BCUT2D eigenvalue weighted by Gasteiger charge is -2.18. The van der Waals surface area contributed by atoms with Crippen molar-refractivity contribution in [1.82, 2.24) is 10.2 Å². The number of anilines is 1. The number of hydrogen-bond acceptors (Lipinski definition) is 4. The summed E-state index contributed by atoms with van der Waals surface area (Å²) in [4.78, 5) is 13.6. The summed E-state index contributed by atoms with van der Waals surface area (Å²) < 4.78 is 5.58. The summed E-state index contributed by atoms with van der Waals surface area (Å²) in [6, 6.07) is 5.59. The number of nitrogens with two attached hydrogens (primary N) is 1. The van der Waals surface area contributed by atoms with Gasteiger partial charge in [0.2, 0.25) is 5.91 Å². The highest BCUT2D eigenvalue weighted by molar-refractivity contribution is 5.77. The summed E-state index contributed by atoms with van der Waals surface area (Å²) >= 11 is 0. The molecule has 0 atom stereocenters. The average Bonchev–Trinajstić information content (AvgIpc) is 2.39. The minimum Gasteiger partial charge on any atom is -0.494 e. The van der Waals surface area contributed by atoms with Crippen LogP contribution in [0, 0.1) is 0 Å². The number of hydrogen-bond donors (Lipinski definition) is 2. The first-order valence-corrected chi connectivity index (χ1v) is 7.03. The Labute approximate surface area is 121 Å². The van der Waals surface area contributed by atoms with E-state index in [9.17, 15) is 4.79 Å². The lowest BCUT2D eigenvalue weighted by Crippen LogP contribution is -2.35. The van der Waals surface area contributed by atoms with E-state index in [2.05, 4.69) is 5.32 Å². The monoisotopic (exact) mass is 279 g/mol. The molecule has 0 bridgehead atoms. The van der Waals surface area contributed by atoms with Gasteiger partial charge in [0.25, 0.3) is 0 Å². The highest BCUT2D eigenvalue weighted by atomic mass is 16.5. The molecule has 0 unspecified atom stereocenters. The molecule has 0 aliphatic heterocycles. The normalized spacial score (nSPS) is 10.6. The SMILES string of the molecule is CCCNC(=O)CN(C)Cc1cc(N)ccc1OCC. The molecule has 0 aromatic heterocycles. The van der Waals surface area contributed by atoms with Crippen molar-refractivity contribution in [2.24, 2.45) is 0 Å². The number of nitrogens with zero attached hydrogens (tertiary/aromatic N) is 1. The van der Waals surface area contributed by atoms with Crippen LogP contribution in [0.5, 0.6) is 5.75 Å². The number of ether oxygens (including phenoxy) is 1. The maximum Gasteiger partial charge on any atom is 0.234 e. The molecule has 20 heavy (non-hydrogen) atoms. The number of rotatable bonds is 8. The average molecular weight is 279 g/mol. The second kappa shape index (κ2) is 8.43. The van der Waals surface area contributed by atoms with E-state index in [1.165, 1.54) is 0 Å². The molecule has 1 amide bonds. The summed E-state index contributed by atoms with van der Waals surface area (Å²) in [7, 11) is 1.91. The molecular formula is C15H25N3O2. The fraction of sp³-hybridized carbons (Fsp3) is 0.533. The van der Waals surface area contributed by atoms with E-state index in [-0.39, 0.29) is 5.91 Å². The van der Waals surface area contributed by atoms with E-state index in [0.717, 1.165) is 24.3 Å². The van der Waals surface area contributed by atoms with Crippen LogP contribution in [0.2, 0.25) is 0 Å². The summed E-state index contributed by atoms with van der Waals surface area (Å²) in [5.41, 5.74) is 7.51. The number of nitrogens with one attached hydrogen (secondary N) is 1. The smallest absolute Gasteiger partial charge is 0.234 e. The topological polar surface area (TPSA) is 67.6 Å². The molecule has 1 aromatic carbocycles. The van der Waals surface area contributed by atoms with Crippen molar-refractivity contribution in [1.29, 1.82) is 0 Å². The Kier molecular flexibility index (Phi) is 6.87. The Balaban J connectivity index is 2.62. The fourth-order valence-corrected chi connectivity index (χ4v) is 1.93. The predicted molar refractivity (Wildman–Crippen MR) is 81.7 cm³/mol. The molecule has 0 saturated heterocycles. The van der Waals surface area contributed by atoms with Gasteiger partial charge in [0, 0.05) is 24.3 Å². The van der Waals surface area contributed by atoms with Gasteiger partial charge in [-0.3, -0.25) is 9.69 Å². The quantitative estimate of drug-likeness (QED) is 0.710. The van der Waals surface area contributed by atoms with Gasteiger partial charge in [-0.1, -0.05) is 6.92 Å².